The summed E-state index contributed by atoms with van der Waals surface area (Å²) >= 11 is 0. The Hall–Kier alpha value is -2.56. The van der Waals surface area contributed by atoms with E-state index < -0.39 is 0 Å². The number of amides is 1. The fraction of sp³-hybridized carbons (Fsp3) is 0.350. The number of halogens is 1. The molecule has 1 atom stereocenters. The first-order valence-electron chi connectivity index (χ1n) is 8.54. The van der Waals surface area contributed by atoms with Gasteiger partial charge < -0.3 is 14.7 Å². The van der Waals surface area contributed by atoms with E-state index in [-0.39, 0.29) is 29.8 Å². The van der Waals surface area contributed by atoms with E-state index in [1.165, 1.54) is 12.1 Å². The second kappa shape index (κ2) is 8.01. The number of rotatable bonds is 5. The second-order valence-electron chi connectivity index (χ2n) is 6.46. The van der Waals surface area contributed by atoms with Crippen LogP contribution >= 0.6 is 0 Å². The summed E-state index contributed by atoms with van der Waals surface area (Å²) in [6.45, 7) is 1.86. The smallest absolute Gasteiger partial charge is 0.227 e. The van der Waals surface area contributed by atoms with Crippen LogP contribution in [0.3, 0.4) is 0 Å². The molecule has 0 spiro atoms. The molecule has 132 valence electrons. The van der Waals surface area contributed by atoms with Gasteiger partial charge >= 0.3 is 0 Å². The van der Waals surface area contributed by atoms with E-state index in [1.807, 2.05) is 11.0 Å². The Labute approximate surface area is 146 Å². The van der Waals surface area contributed by atoms with E-state index in [0.29, 0.717) is 18.9 Å². The molecular weight excluding hydrogens is 321 g/mol. The average Bonchev–Trinajstić information content (AvgIpc) is 2.60. The van der Waals surface area contributed by atoms with Crippen LogP contribution in [0.15, 0.2) is 48.5 Å². The lowest BCUT2D eigenvalue weighted by molar-refractivity contribution is -0.132. The van der Waals surface area contributed by atoms with E-state index in [0.717, 1.165) is 24.9 Å². The lowest BCUT2D eigenvalue weighted by Gasteiger charge is -2.32. The van der Waals surface area contributed by atoms with Crippen LogP contribution in [0.25, 0.3) is 0 Å². The zero-order chi connectivity index (χ0) is 17.6. The third kappa shape index (κ3) is 4.95. The molecule has 0 aromatic heterocycles. The van der Waals surface area contributed by atoms with Gasteiger partial charge in [-0.2, -0.15) is 0 Å². The van der Waals surface area contributed by atoms with Crippen molar-refractivity contribution in [1.82, 2.24) is 4.90 Å². The first-order valence-corrected chi connectivity index (χ1v) is 8.54. The molecule has 25 heavy (non-hydrogen) atoms. The van der Waals surface area contributed by atoms with Gasteiger partial charge in [-0.15, -0.1) is 0 Å². The zero-order valence-electron chi connectivity index (χ0n) is 14.0. The highest BCUT2D eigenvalue weighted by Gasteiger charge is 2.24. The molecule has 1 fully saturated rings. The van der Waals surface area contributed by atoms with Gasteiger partial charge in [-0.1, -0.05) is 18.2 Å². The minimum Gasteiger partial charge on any atom is -0.508 e. The quantitative estimate of drug-likeness (QED) is 0.905. The molecule has 1 aliphatic rings. The maximum absolute atomic E-state index is 13.2. The summed E-state index contributed by atoms with van der Waals surface area (Å²) in [5.74, 6) is 0.670. The number of piperidine rings is 1. The van der Waals surface area contributed by atoms with Crippen molar-refractivity contribution in [3.63, 3.8) is 0 Å². The summed E-state index contributed by atoms with van der Waals surface area (Å²) in [4.78, 5) is 14.4. The summed E-state index contributed by atoms with van der Waals surface area (Å²) in [7, 11) is 0. The first-order chi connectivity index (χ1) is 12.1. The van der Waals surface area contributed by atoms with E-state index in [4.69, 9.17) is 4.74 Å². The summed E-state index contributed by atoms with van der Waals surface area (Å²) in [5.41, 5.74) is 0.808. The molecule has 1 aliphatic heterocycles. The number of phenols is 1. The van der Waals surface area contributed by atoms with Gasteiger partial charge in [0, 0.05) is 25.1 Å². The molecule has 1 saturated heterocycles. The topological polar surface area (TPSA) is 49.8 Å². The monoisotopic (exact) mass is 343 g/mol. The minimum absolute atomic E-state index is 0.0565. The number of nitrogens with zero attached hydrogens (tertiary/aromatic N) is 1. The Morgan fingerprint density at radius 3 is 2.88 bits per heavy atom. The van der Waals surface area contributed by atoms with Crippen molar-refractivity contribution >= 4 is 5.91 Å². The normalized spacial score (nSPS) is 17.3. The maximum atomic E-state index is 13.2. The number of benzene rings is 2. The molecular formula is C20H22FNO3. The molecule has 1 unspecified atom stereocenters. The Kier molecular flexibility index (Phi) is 5.53. The molecule has 0 saturated carbocycles. The second-order valence-corrected chi connectivity index (χ2v) is 6.46. The number of likely N-dealkylation sites (tertiary alicyclic amines) is 1. The number of carbonyl (C=O) groups is 1. The molecule has 1 heterocycles. The molecule has 5 heteroatoms. The predicted octanol–water partition coefficient (Wildman–Crippen LogP) is 3.39. The fourth-order valence-corrected chi connectivity index (χ4v) is 3.15. The van der Waals surface area contributed by atoms with Gasteiger partial charge in [0.15, 0.2) is 0 Å². The first kappa shape index (κ1) is 17.3. The summed E-state index contributed by atoms with van der Waals surface area (Å²) in [6.07, 6.45) is 2.21. The van der Waals surface area contributed by atoms with Gasteiger partial charge in [-0.3, -0.25) is 4.79 Å². The van der Waals surface area contributed by atoms with E-state index in [1.54, 1.807) is 30.3 Å². The number of ether oxygens (including phenoxy) is 1. The lowest BCUT2D eigenvalue weighted by Crippen LogP contribution is -2.42. The standard InChI is InChI=1S/C20H22FNO3/c21-17-6-2-8-19(12-17)25-14-16-5-3-9-22(13-16)20(24)11-15-4-1-7-18(23)10-15/h1-2,4,6-8,10,12,16,23H,3,5,9,11,13-14H2. The number of carbonyl (C=O) groups excluding carboxylic acids is 1. The van der Waals surface area contributed by atoms with Gasteiger partial charge in [0.2, 0.25) is 5.91 Å². The molecule has 2 aromatic rings. The van der Waals surface area contributed by atoms with E-state index in [9.17, 15) is 14.3 Å². The largest absolute Gasteiger partial charge is 0.508 e. The number of phenolic OH excluding ortho intramolecular Hbond substituents is 1. The molecule has 1 amide bonds. The third-order valence-corrected chi connectivity index (χ3v) is 4.42. The molecule has 2 aromatic carbocycles. The Morgan fingerprint density at radius 2 is 2.08 bits per heavy atom. The molecule has 0 radical (unpaired) electrons. The van der Waals surface area contributed by atoms with Gasteiger partial charge in [0.25, 0.3) is 0 Å². The van der Waals surface area contributed by atoms with Crippen LogP contribution < -0.4 is 4.74 Å². The van der Waals surface area contributed by atoms with E-state index >= 15 is 0 Å². The van der Waals surface area contributed by atoms with Crippen LogP contribution in [0.5, 0.6) is 11.5 Å². The lowest BCUT2D eigenvalue weighted by atomic mass is 9.98. The van der Waals surface area contributed by atoms with Crippen LogP contribution in [0.4, 0.5) is 4.39 Å². The van der Waals surface area contributed by atoms with Gasteiger partial charge in [-0.05, 0) is 42.7 Å². The van der Waals surface area contributed by atoms with Gasteiger partial charge in [0.05, 0.1) is 13.0 Å². The van der Waals surface area contributed by atoms with Crippen molar-refractivity contribution in [2.75, 3.05) is 19.7 Å². The van der Waals surface area contributed by atoms with Crippen molar-refractivity contribution in [3.8, 4) is 11.5 Å². The maximum Gasteiger partial charge on any atom is 0.227 e. The average molecular weight is 343 g/mol. The Morgan fingerprint density at radius 1 is 1.24 bits per heavy atom. The van der Waals surface area contributed by atoms with Crippen molar-refractivity contribution in [2.24, 2.45) is 5.92 Å². The van der Waals surface area contributed by atoms with Crippen molar-refractivity contribution < 1.29 is 19.0 Å². The Bertz CT molecular complexity index is 734. The number of hydrogen-bond acceptors (Lipinski definition) is 3. The Balaban J connectivity index is 1.52. The molecule has 0 aliphatic carbocycles. The summed E-state index contributed by atoms with van der Waals surface area (Å²) in [5, 5.41) is 9.51. The molecule has 1 N–H and O–H groups in total. The predicted molar refractivity (Wildman–Crippen MR) is 93.0 cm³/mol. The van der Waals surface area contributed by atoms with Crippen LogP contribution in [0.1, 0.15) is 18.4 Å². The summed E-state index contributed by atoms with van der Waals surface area (Å²) < 4.78 is 18.9. The number of hydrogen-bond donors (Lipinski definition) is 1. The highest BCUT2D eigenvalue weighted by Crippen LogP contribution is 2.20. The highest BCUT2D eigenvalue weighted by atomic mass is 19.1. The zero-order valence-corrected chi connectivity index (χ0v) is 14.0. The number of aromatic hydroxyl groups is 1. The minimum atomic E-state index is -0.316. The van der Waals surface area contributed by atoms with Gasteiger partial charge in [0.1, 0.15) is 17.3 Å². The van der Waals surface area contributed by atoms with Crippen molar-refractivity contribution in [3.05, 3.63) is 59.9 Å². The SMILES string of the molecule is O=C(Cc1cccc(O)c1)N1CCCC(COc2cccc(F)c2)C1. The summed E-state index contributed by atoms with van der Waals surface area (Å²) in [6, 6.07) is 12.9. The third-order valence-electron chi connectivity index (χ3n) is 4.42. The molecule has 4 nitrogen and oxygen atoms in total. The van der Waals surface area contributed by atoms with Crippen molar-refractivity contribution in [2.45, 2.75) is 19.3 Å². The molecule has 3 rings (SSSR count). The van der Waals surface area contributed by atoms with Crippen LogP contribution in [0, 0.1) is 11.7 Å². The van der Waals surface area contributed by atoms with Crippen LogP contribution in [0.2, 0.25) is 0 Å². The molecule has 0 bridgehead atoms. The van der Waals surface area contributed by atoms with Crippen LogP contribution in [-0.2, 0) is 11.2 Å². The van der Waals surface area contributed by atoms with Crippen LogP contribution in [-0.4, -0.2) is 35.6 Å². The van der Waals surface area contributed by atoms with Crippen molar-refractivity contribution in [1.29, 1.82) is 0 Å². The van der Waals surface area contributed by atoms with E-state index in [2.05, 4.69) is 0 Å². The highest BCUT2D eigenvalue weighted by molar-refractivity contribution is 5.79. The van der Waals surface area contributed by atoms with Gasteiger partial charge in [-0.25, -0.2) is 4.39 Å². The fourth-order valence-electron chi connectivity index (χ4n) is 3.15.